The number of aromatic nitrogens is 1. The van der Waals surface area contributed by atoms with Crippen LogP contribution in [0.4, 0.5) is 4.39 Å². The van der Waals surface area contributed by atoms with Gasteiger partial charge in [-0.05, 0) is 42.5 Å². The van der Waals surface area contributed by atoms with Crippen molar-refractivity contribution in [2.24, 2.45) is 5.73 Å². The molecule has 0 atom stereocenters. The van der Waals surface area contributed by atoms with Gasteiger partial charge in [-0.1, -0.05) is 30.7 Å². The standard InChI is InChI=1S/C25H24FN3O2/c26-24-22(20-12-21(15-29-14-20)30-11-10-27)8-9-23(19-2-1-3-19)25(24)31-16-18-6-4-17(13-28)5-7-18/h4-9,12,14-15,19H,1-3,10-11,16,27H2. The van der Waals surface area contributed by atoms with E-state index in [4.69, 9.17) is 20.5 Å². The number of hydrogen-bond acceptors (Lipinski definition) is 5. The number of hydrogen-bond donors (Lipinski definition) is 1. The summed E-state index contributed by atoms with van der Waals surface area (Å²) in [6, 6.07) is 14.7. The van der Waals surface area contributed by atoms with Crippen molar-refractivity contribution in [3.05, 3.63) is 77.4 Å². The van der Waals surface area contributed by atoms with Crippen molar-refractivity contribution in [1.29, 1.82) is 5.26 Å². The quantitative estimate of drug-likeness (QED) is 0.561. The molecule has 1 fully saturated rings. The summed E-state index contributed by atoms with van der Waals surface area (Å²) in [5, 5.41) is 8.96. The van der Waals surface area contributed by atoms with Crippen LogP contribution in [0.5, 0.6) is 11.5 Å². The molecule has 0 aliphatic heterocycles. The molecule has 0 unspecified atom stereocenters. The molecule has 0 amide bonds. The van der Waals surface area contributed by atoms with Crippen LogP contribution in [0, 0.1) is 17.1 Å². The molecule has 31 heavy (non-hydrogen) atoms. The van der Waals surface area contributed by atoms with Crippen molar-refractivity contribution in [3.8, 4) is 28.7 Å². The van der Waals surface area contributed by atoms with E-state index in [0.29, 0.717) is 47.3 Å². The molecule has 2 N–H and O–H groups in total. The van der Waals surface area contributed by atoms with Crippen LogP contribution in [0.3, 0.4) is 0 Å². The second-order valence-electron chi connectivity index (χ2n) is 7.62. The highest BCUT2D eigenvalue weighted by atomic mass is 19.1. The number of ether oxygens (including phenoxy) is 2. The van der Waals surface area contributed by atoms with Crippen LogP contribution in [0.1, 0.15) is 41.9 Å². The van der Waals surface area contributed by atoms with E-state index in [1.165, 1.54) is 0 Å². The summed E-state index contributed by atoms with van der Waals surface area (Å²) in [7, 11) is 0. The predicted molar refractivity (Wildman–Crippen MR) is 116 cm³/mol. The van der Waals surface area contributed by atoms with Gasteiger partial charge in [-0.25, -0.2) is 4.39 Å². The van der Waals surface area contributed by atoms with E-state index in [-0.39, 0.29) is 6.61 Å². The molecule has 0 radical (unpaired) electrons. The fourth-order valence-electron chi connectivity index (χ4n) is 3.63. The lowest BCUT2D eigenvalue weighted by atomic mass is 9.79. The Hall–Kier alpha value is -3.43. The molecule has 6 heteroatoms. The van der Waals surface area contributed by atoms with Gasteiger partial charge in [0, 0.05) is 29.4 Å². The Kier molecular flexibility index (Phi) is 6.44. The first-order chi connectivity index (χ1) is 15.2. The first kappa shape index (κ1) is 20.8. The normalized spacial score (nSPS) is 13.3. The van der Waals surface area contributed by atoms with Crippen LogP contribution in [0.25, 0.3) is 11.1 Å². The van der Waals surface area contributed by atoms with Gasteiger partial charge in [0.2, 0.25) is 0 Å². The van der Waals surface area contributed by atoms with Gasteiger partial charge in [0.15, 0.2) is 11.6 Å². The van der Waals surface area contributed by atoms with E-state index in [0.717, 1.165) is 30.4 Å². The molecule has 1 saturated carbocycles. The Labute approximate surface area is 181 Å². The Morgan fingerprint density at radius 1 is 1.10 bits per heavy atom. The Morgan fingerprint density at radius 3 is 2.58 bits per heavy atom. The predicted octanol–water partition coefficient (Wildman–Crippen LogP) is 4.94. The van der Waals surface area contributed by atoms with Crippen LogP contribution in [0.15, 0.2) is 54.9 Å². The SMILES string of the molecule is N#Cc1ccc(COc2c(C3CCC3)ccc(-c3cncc(OCCN)c3)c2F)cc1. The molecule has 0 spiro atoms. The number of nitrogens with two attached hydrogens (primary N) is 1. The van der Waals surface area contributed by atoms with Crippen molar-refractivity contribution in [1.82, 2.24) is 4.98 Å². The highest BCUT2D eigenvalue weighted by molar-refractivity contribution is 5.68. The third-order valence-corrected chi connectivity index (χ3v) is 5.55. The van der Waals surface area contributed by atoms with Gasteiger partial charge in [0.25, 0.3) is 0 Å². The van der Waals surface area contributed by atoms with Crippen molar-refractivity contribution in [2.45, 2.75) is 31.8 Å². The van der Waals surface area contributed by atoms with Crippen LogP contribution in [-0.4, -0.2) is 18.1 Å². The fourth-order valence-corrected chi connectivity index (χ4v) is 3.63. The first-order valence-electron chi connectivity index (χ1n) is 10.4. The second kappa shape index (κ2) is 9.59. The average Bonchev–Trinajstić information content (AvgIpc) is 2.77. The van der Waals surface area contributed by atoms with Crippen molar-refractivity contribution >= 4 is 0 Å². The summed E-state index contributed by atoms with van der Waals surface area (Å²) >= 11 is 0. The highest BCUT2D eigenvalue weighted by Gasteiger charge is 2.26. The second-order valence-corrected chi connectivity index (χ2v) is 7.62. The van der Waals surface area contributed by atoms with Crippen LogP contribution < -0.4 is 15.2 Å². The highest BCUT2D eigenvalue weighted by Crippen LogP contribution is 2.44. The number of benzene rings is 2. The molecule has 0 saturated heterocycles. The van der Waals surface area contributed by atoms with E-state index in [1.807, 2.05) is 18.2 Å². The maximum Gasteiger partial charge on any atom is 0.173 e. The van der Waals surface area contributed by atoms with Gasteiger partial charge in [-0.3, -0.25) is 4.98 Å². The van der Waals surface area contributed by atoms with Gasteiger partial charge in [-0.15, -0.1) is 0 Å². The van der Waals surface area contributed by atoms with Gasteiger partial charge in [-0.2, -0.15) is 5.26 Å². The van der Waals surface area contributed by atoms with Crippen LogP contribution in [0.2, 0.25) is 0 Å². The molecule has 1 aliphatic carbocycles. The molecule has 2 aromatic carbocycles. The first-order valence-corrected chi connectivity index (χ1v) is 10.4. The maximum absolute atomic E-state index is 15.7. The summed E-state index contributed by atoms with van der Waals surface area (Å²) in [6.45, 7) is 0.985. The molecule has 158 valence electrons. The summed E-state index contributed by atoms with van der Waals surface area (Å²) in [6.07, 6.45) is 6.42. The number of rotatable bonds is 8. The van der Waals surface area contributed by atoms with Gasteiger partial charge in [0.05, 0.1) is 17.8 Å². The molecular formula is C25H24FN3O2. The zero-order chi connectivity index (χ0) is 21.6. The van der Waals surface area contributed by atoms with Crippen molar-refractivity contribution < 1.29 is 13.9 Å². The van der Waals surface area contributed by atoms with E-state index in [9.17, 15) is 0 Å². The number of halogens is 1. The van der Waals surface area contributed by atoms with Crippen LogP contribution in [-0.2, 0) is 6.61 Å². The van der Waals surface area contributed by atoms with E-state index < -0.39 is 5.82 Å². The number of nitrogens with zero attached hydrogens (tertiary/aromatic N) is 2. The Balaban J connectivity index is 1.64. The minimum absolute atomic E-state index is 0.226. The largest absolute Gasteiger partial charge is 0.491 e. The minimum Gasteiger partial charge on any atom is -0.491 e. The molecule has 3 aromatic rings. The maximum atomic E-state index is 15.7. The zero-order valence-corrected chi connectivity index (χ0v) is 17.2. The minimum atomic E-state index is -0.393. The third-order valence-electron chi connectivity index (χ3n) is 5.55. The molecule has 1 aromatic heterocycles. The molecule has 4 rings (SSSR count). The van der Waals surface area contributed by atoms with Crippen molar-refractivity contribution in [2.75, 3.05) is 13.2 Å². The zero-order valence-electron chi connectivity index (χ0n) is 17.2. The fraction of sp³-hybridized carbons (Fsp3) is 0.280. The lowest BCUT2D eigenvalue weighted by Crippen LogP contribution is -2.12. The molecule has 5 nitrogen and oxygen atoms in total. The lowest BCUT2D eigenvalue weighted by molar-refractivity contribution is 0.279. The van der Waals surface area contributed by atoms with Crippen LogP contribution >= 0.6 is 0 Å². The topological polar surface area (TPSA) is 81.2 Å². The molecule has 1 heterocycles. The van der Waals surface area contributed by atoms with Crippen molar-refractivity contribution in [3.63, 3.8) is 0 Å². The number of pyridine rings is 1. The van der Waals surface area contributed by atoms with Gasteiger partial charge in [0.1, 0.15) is 19.0 Å². The van der Waals surface area contributed by atoms with Gasteiger partial charge >= 0.3 is 0 Å². The monoisotopic (exact) mass is 417 g/mol. The summed E-state index contributed by atoms with van der Waals surface area (Å²) in [5.74, 6) is 0.762. The average molecular weight is 417 g/mol. The third kappa shape index (κ3) is 4.68. The summed E-state index contributed by atoms with van der Waals surface area (Å²) in [5.41, 5.74) is 8.90. The smallest absolute Gasteiger partial charge is 0.173 e. The Bertz CT molecular complexity index is 1090. The van der Waals surface area contributed by atoms with E-state index in [1.54, 1.807) is 36.7 Å². The summed E-state index contributed by atoms with van der Waals surface area (Å²) in [4.78, 5) is 4.18. The van der Waals surface area contributed by atoms with Gasteiger partial charge < -0.3 is 15.2 Å². The lowest BCUT2D eigenvalue weighted by Gasteiger charge is -2.28. The molecule has 1 aliphatic rings. The molecular weight excluding hydrogens is 393 g/mol. The molecule has 0 bridgehead atoms. The van der Waals surface area contributed by atoms with E-state index in [2.05, 4.69) is 11.1 Å². The summed E-state index contributed by atoms with van der Waals surface area (Å²) < 4.78 is 27.2. The number of nitriles is 1. The Morgan fingerprint density at radius 2 is 1.90 bits per heavy atom. The van der Waals surface area contributed by atoms with E-state index >= 15 is 4.39 Å².